The molecular weight excluding hydrogens is 390 g/mol. The first-order chi connectivity index (χ1) is 15.1. The van der Waals surface area contributed by atoms with Crippen LogP contribution in [0.1, 0.15) is 50.3 Å². The van der Waals surface area contributed by atoms with Gasteiger partial charge in [0.15, 0.2) is 6.23 Å². The van der Waals surface area contributed by atoms with Crippen LogP contribution < -0.4 is 11.4 Å². The molecule has 1 aliphatic heterocycles. The van der Waals surface area contributed by atoms with Crippen molar-refractivity contribution in [2.45, 2.75) is 57.4 Å². The molecule has 0 N–H and O–H groups in total. The Bertz CT molecular complexity index is 1200. The maximum atomic E-state index is 13.4. The van der Waals surface area contributed by atoms with E-state index in [4.69, 9.17) is 4.74 Å². The number of nitrogens with zero attached hydrogens (tertiary/aromatic N) is 3. The highest BCUT2D eigenvalue weighted by atomic mass is 16.5. The highest BCUT2D eigenvalue weighted by Crippen LogP contribution is 2.38. The minimum Gasteiger partial charge on any atom is -0.349 e. The summed E-state index contributed by atoms with van der Waals surface area (Å²) in [6.45, 7) is 2.34. The number of benzene rings is 2. The third kappa shape index (κ3) is 3.51. The molecule has 5 rings (SSSR count). The van der Waals surface area contributed by atoms with Crippen molar-refractivity contribution in [1.82, 2.24) is 13.9 Å². The normalized spacial score (nSPS) is 23.3. The number of hydrogen-bond donors (Lipinski definition) is 0. The molecule has 2 aliphatic rings. The molecule has 6 heteroatoms. The summed E-state index contributed by atoms with van der Waals surface area (Å²) in [5.74, 6) is 0.289. The highest BCUT2D eigenvalue weighted by Gasteiger charge is 2.34. The van der Waals surface area contributed by atoms with Crippen molar-refractivity contribution >= 4 is 0 Å². The van der Waals surface area contributed by atoms with Crippen molar-refractivity contribution in [3.05, 3.63) is 98.8 Å². The van der Waals surface area contributed by atoms with Crippen LogP contribution in [-0.4, -0.2) is 20.0 Å². The number of aromatic nitrogens is 3. The third-order valence-corrected chi connectivity index (χ3v) is 6.51. The van der Waals surface area contributed by atoms with Crippen LogP contribution in [0.3, 0.4) is 0 Å². The molecule has 0 saturated heterocycles. The molecule has 6 nitrogen and oxygen atoms in total. The summed E-state index contributed by atoms with van der Waals surface area (Å²) in [5.41, 5.74) is 2.11. The molecule has 31 heavy (non-hydrogen) atoms. The van der Waals surface area contributed by atoms with E-state index in [1.54, 1.807) is 12.1 Å². The van der Waals surface area contributed by atoms with Gasteiger partial charge in [0.25, 0.3) is 0 Å². The lowest BCUT2D eigenvalue weighted by Crippen LogP contribution is -2.39. The van der Waals surface area contributed by atoms with Gasteiger partial charge in [0, 0.05) is 5.92 Å². The second kappa shape index (κ2) is 8.19. The Morgan fingerprint density at radius 1 is 0.871 bits per heavy atom. The van der Waals surface area contributed by atoms with Crippen molar-refractivity contribution in [2.75, 3.05) is 0 Å². The second-order valence-electron chi connectivity index (χ2n) is 8.44. The molecule has 0 spiro atoms. The fourth-order valence-corrected chi connectivity index (χ4v) is 4.88. The van der Waals surface area contributed by atoms with Crippen molar-refractivity contribution < 1.29 is 4.74 Å². The third-order valence-electron chi connectivity index (χ3n) is 6.51. The SMILES string of the molecule is CC1=CCn2c(=O)n(-c3ccccc3)c(=O)n2[C@H]1O[C@H]1CCCC[C@@H]1c1ccccc1. The summed E-state index contributed by atoms with van der Waals surface area (Å²) in [5, 5.41) is 0. The summed E-state index contributed by atoms with van der Waals surface area (Å²) in [4.78, 5) is 26.5. The highest BCUT2D eigenvalue weighted by molar-refractivity contribution is 5.31. The first-order valence-electron chi connectivity index (χ1n) is 11.0. The van der Waals surface area contributed by atoms with Crippen LogP contribution in [0.2, 0.25) is 0 Å². The lowest BCUT2D eigenvalue weighted by atomic mass is 9.81. The van der Waals surface area contributed by atoms with Gasteiger partial charge in [-0.05, 0) is 43.0 Å². The number of ether oxygens (including phenoxy) is 1. The molecule has 3 atom stereocenters. The molecule has 2 aromatic carbocycles. The van der Waals surface area contributed by atoms with E-state index in [1.807, 2.05) is 37.3 Å². The van der Waals surface area contributed by atoms with Gasteiger partial charge in [-0.25, -0.2) is 18.8 Å². The van der Waals surface area contributed by atoms with Crippen molar-refractivity contribution in [2.24, 2.45) is 0 Å². The summed E-state index contributed by atoms with van der Waals surface area (Å²) in [6.07, 6.45) is 5.70. The van der Waals surface area contributed by atoms with Crippen LogP contribution in [0.4, 0.5) is 0 Å². The van der Waals surface area contributed by atoms with Gasteiger partial charge in [-0.2, -0.15) is 4.68 Å². The monoisotopic (exact) mass is 417 g/mol. The van der Waals surface area contributed by atoms with E-state index in [1.165, 1.54) is 25.9 Å². The number of fused-ring (bicyclic) bond motifs is 1. The smallest absolute Gasteiger partial charge is 0.349 e. The van der Waals surface area contributed by atoms with Crippen LogP contribution in [-0.2, 0) is 11.3 Å². The Kier molecular flexibility index (Phi) is 5.24. The molecule has 0 bridgehead atoms. The first kappa shape index (κ1) is 19.8. The van der Waals surface area contributed by atoms with E-state index in [0.717, 1.165) is 24.8 Å². The van der Waals surface area contributed by atoms with Crippen LogP contribution >= 0.6 is 0 Å². The van der Waals surface area contributed by atoms with E-state index in [9.17, 15) is 9.59 Å². The molecule has 1 aromatic heterocycles. The largest absolute Gasteiger partial charge is 0.354 e. The van der Waals surface area contributed by atoms with E-state index in [0.29, 0.717) is 12.2 Å². The predicted molar refractivity (Wildman–Crippen MR) is 120 cm³/mol. The zero-order valence-electron chi connectivity index (χ0n) is 17.7. The number of hydrogen-bond acceptors (Lipinski definition) is 3. The van der Waals surface area contributed by atoms with Crippen LogP contribution in [0.5, 0.6) is 0 Å². The molecule has 0 radical (unpaired) electrons. The molecule has 0 amide bonds. The Morgan fingerprint density at radius 2 is 1.55 bits per heavy atom. The predicted octanol–water partition coefficient (Wildman–Crippen LogP) is 4.00. The number of rotatable bonds is 4. The molecule has 1 saturated carbocycles. The standard InChI is InChI=1S/C25H27N3O3/c1-18-16-17-26-24(29)27(20-12-6-3-7-13-20)25(30)28(26)23(18)31-22-15-9-8-14-21(22)19-10-4-2-5-11-19/h2-7,10-13,16,21-23H,8-9,14-15,17H2,1H3/t21-,22+,23+/m1/s1. The number of allylic oxidation sites excluding steroid dienone is 1. The van der Waals surface area contributed by atoms with Crippen molar-refractivity contribution in [3.8, 4) is 5.69 Å². The fourth-order valence-electron chi connectivity index (χ4n) is 4.88. The minimum atomic E-state index is -0.576. The summed E-state index contributed by atoms with van der Waals surface area (Å²) in [6, 6.07) is 19.5. The van der Waals surface area contributed by atoms with Gasteiger partial charge in [-0.15, -0.1) is 0 Å². The van der Waals surface area contributed by atoms with Crippen LogP contribution in [0, 0.1) is 0 Å². The summed E-state index contributed by atoms with van der Waals surface area (Å²) in [7, 11) is 0. The molecule has 1 aliphatic carbocycles. The zero-order valence-corrected chi connectivity index (χ0v) is 17.7. The maximum Gasteiger partial charge on any atom is 0.354 e. The van der Waals surface area contributed by atoms with Gasteiger partial charge in [0.05, 0.1) is 18.3 Å². The average molecular weight is 418 g/mol. The lowest BCUT2D eigenvalue weighted by molar-refractivity contribution is -0.0733. The van der Waals surface area contributed by atoms with Crippen molar-refractivity contribution in [1.29, 1.82) is 0 Å². The van der Waals surface area contributed by atoms with Gasteiger partial charge in [-0.3, -0.25) is 0 Å². The lowest BCUT2D eigenvalue weighted by Gasteiger charge is -2.36. The molecule has 160 valence electrons. The van der Waals surface area contributed by atoms with E-state index in [-0.39, 0.29) is 23.4 Å². The summed E-state index contributed by atoms with van der Waals surface area (Å²) < 4.78 is 10.9. The Balaban J connectivity index is 1.54. The number of para-hydroxylation sites is 1. The van der Waals surface area contributed by atoms with Gasteiger partial charge in [0.1, 0.15) is 0 Å². The van der Waals surface area contributed by atoms with Crippen LogP contribution in [0.25, 0.3) is 5.69 Å². The quantitative estimate of drug-likeness (QED) is 0.603. The molecule has 3 aromatic rings. The zero-order chi connectivity index (χ0) is 21.4. The van der Waals surface area contributed by atoms with Gasteiger partial charge in [0.2, 0.25) is 0 Å². The minimum absolute atomic E-state index is 0.00173. The Hall–Kier alpha value is -3.12. The fraction of sp³-hybridized carbons (Fsp3) is 0.360. The molecule has 2 heterocycles. The Morgan fingerprint density at radius 3 is 2.29 bits per heavy atom. The van der Waals surface area contributed by atoms with E-state index >= 15 is 0 Å². The second-order valence-corrected chi connectivity index (χ2v) is 8.44. The van der Waals surface area contributed by atoms with E-state index in [2.05, 4.69) is 24.3 Å². The molecule has 0 unspecified atom stereocenters. The van der Waals surface area contributed by atoms with Crippen LogP contribution in [0.15, 0.2) is 81.9 Å². The Labute approximate surface area is 181 Å². The first-order valence-corrected chi connectivity index (χ1v) is 11.0. The average Bonchev–Trinajstić information content (AvgIpc) is 3.07. The molecule has 1 fully saturated rings. The van der Waals surface area contributed by atoms with E-state index < -0.39 is 6.23 Å². The van der Waals surface area contributed by atoms with Gasteiger partial charge < -0.3 is 4.74 Å². The van der Waals surface area contributed by atoms with Crippen molar-refractivity contribution in [3.63, 3.8) is 0 Å². The topological polar surface area (TPSA) is 58.2 Å². The molecular formula is C25H27N3O3. The van der Waals surface area contributed by atoms with Gasteiger partial charge >= 0.3 is 11.4 Å². The summed E-state index contributed by atoms with van der Waals surface area (Å²) >= 11 is 0. The van der Waals surface area contributed by atoms with Gasteiger partial charge in [-0.1, -0.05) is 67.4 Å². The maximum absolute atomic E-state index is 13.4.